The fourth-order valence-electron chi connectivity index (χ4n) is 8.06. The molecule has 2 N–H and O–H groups in total. The summed E-state index contributed by atoms with van der Waals surface area (Å²) in [5.41, 5.74) is -2.71. The first-order valence-corrected chi connectivity index (χ1v) is 20.1. The molecule has 17 heteroatoms. The number of hydrogen-bond donors (Lipinski definition) is 2. The Bertz CT molecular complexity index is 2150. The van der Waals surface area contributed by atoms with Crippen molar-refractivity contribution < 1.29 is 42.8 Å². The SMILES string of the molecule is C=C[C@]1(CC)OC(OC(C)=O)C(OC(C)=O)[C@H]1C.C=C[C@]1(CC)O[C@@H](n2cc(C)c(=O)[nH]c2=O)C(OC(C)=O)[C@H]1C.C=C[C@]1(CC)O[C@@H](n2cc(C)c(=O)[nH]c2=O)C[C@H]1C. The minimum atomic E-state index is -0.876. The van der Waals surface area contributed by atoms with Crippen LogP contribution in [-0.2, 0) is 42.8 Å². The van der Waals surface area contributed by atoms with Gasteiger partial charge in [0, 0.05) is 56.1 Å². The third-order valence-corrected chi connectivity index (χ3v) is 12.0. The summed E-state index contributed by atoms with van der Waals surface area (Å²) >= 11 is 0. The van der Waals surface area contributed by atoms with Gasteiger partial charge in [0.15, 0.2) is 18.4 Å². The van der Waals surface area contributed by atoms with E-state index in [2.05, 4.69) is 36.6 Å². The third-order valence-electron chi connectivity index (χ3n) is 12.0. The number of hydrogen-bond acceptors (Lipinski definition) is 13. The van der Waals surface area contributed by atoms with Crippen LogP contribution in [0, 0.1) is 31.6 Å². The molecule has 3 fully saturated rings. The molecule has 2 aromatic heterocycles. The first-order valence-electron chi connectivity index (χ1n) is 20.1. The average Bonchev–Trinajstić information content (AvgIpc) is 3.77. The van der Waals surface area contributed by atoms with Crippen LogP contribution < -0.4 is 22.5 Å². The molecule has 332 valence electrons. The maximum atomic E-state index is 12.2. The van der Waals surface area contributed by atoms with Gasteiger partial charge >= 0.3 is 29.3 Å². The Hall–Kier alpha value is -5.13. The molecule has 0 aromatic carbocycles. The number of aromatic nitrogens is 4. The Morgan fingerprint density at radius 3 is 1.53 bits per heavy atom. The number of esters is 3. The molecule has 0 aliphatic carbocycles. The summed E-state index contributed by atoms with van der Waals surface area (Å²) in [4.78, 5) is 85.2. The molecule has 0 spiro atoms. The lowest BCUT2D eigenvalue weighted by molar-refractivity contribution is -0.200. The van der Waals surface area contributed by atoms with Crippen molar-refractivity contribution in [1.29, 1.82) is 0 Å². The fraction of sp³-hybridized carbons (Fsp3) is 0.605. The summed E-state index contributed by atoms with van der Waals surface area (Å²) in [6.07, 6.45) is 7.66. The Labute approximate surface area is 349 Å². The number of H-pyrrole nitrogens is 2. The van der Waals surface area contributed by atoms with Crippen LogP contribution in [0.5, 0.6) is 0 Å². The second-order valence-electron chi connectivity index (χ2n) is 15.5. The van der Waals surface area contributed by atoms with E-state index in [1.165, 1.54) is 36.1 Å². The van der Waals surface area contributed by atoms with Gasteiger partial charge in [-0.25, -0.2) is 9.59 Å². The van der Waals surface area contributed by atoms with E-state index in [1.54, 1.807) is 32.2 Å². The number of aromatic amines is 2. The molecule has 3 aliphatic rings. The van der Waals surface area contributed by atoms with Crippen LogP contribution in [0.3, 0.4) is 0 Å². The van der Waals surface area contributed by atoms with Crippen molar-refractivity contribution in [2.24, 2.45) is 17.8 Å². The van der Waals surface area contributed by atoms with Gasteiger partial charge in [-0.3, -0.25) is 43.1 Å². The van der Waals surface area contributed by atoms with E-state index in [1.807, 2.05) is 40.7 Å². The maximum absolute atomic E-state index is 12.2. The largest absolute Gasteiger partial charge is 0.457 e. The smallest absolute Gasteiger partial charge is 0.330 e. The molecular weight excluding hydrogens is 780 g/mol. The van der Waals surface area contributed by atoms with Crippen molar-refractivity contribution in [2.45, 2.75) is 150 Å². The van der Waals surface area contributed by atoms with Gasteiger partial charge < -0.3 is 28.4 Å². The summed E-state index contributed by atoms with van der Waals surface area (Å²) in [6, 6.07) is 0. The zero-order valence-electron chi connectivity index (χ0n) is 36.7. The zero-order valence-corrected chi connectivity index (χ0v) is 36.7. The molecule has 0 amide bonds. The number of rotatable bonds is 11. The highest BCUT2D eigenvalue weighted by Gasteiger charge is 2.54. The Morgan fingerprint density at radius 1 is 0.683 bits per heavy atom. The van der Waals surface area contributed by atoms with Crippen LogP contribution in [0.15, 0.2) is 69.5 Å². The van der Waals surface area contributed by atoms with E-state index in [0.717, 1.165) is 12.8 Å². The van der Waals surface area contributed by atoms with Crippen molar-refractivity contribution in [3.63, 3.8) is 0 Å². The van der Waals surface area contributed by atoms with Crippen molar-refractivity contribution in [3.05, 3.63) is 103 Å². The zero-order chi connectivity index (χ0) is 45.5. The molecule has 17 nitrogen and oxygen atoms in total. The summed E-state index contributed by atoms with van der Waals surface area (Å²) < 4.78 is 36.3. The molecule has 2 aromatic rings. The number of nitrogens with one attached hydrogen (secondary N) is 2. The molecule has 3 aliphatic heterocycles. The topological polar surface area (TPSA) is 216 Å². The van der Waals surface area contributed by atoms with E-state index in [-0.39, 0.29) is 29.5 Å². The van der Waals surface area contributed by atoms with E-state index >= 15 is 0 Å². The summed E-state index contributed by atoms with van der Waals surface area (Å²) in [5.74, 6) is -1.41. The lowest BCUT2D eigenvalue weighted by atomic mass is 9.85. The quantitative estimate of drug-likeness (QED) is 0.177. The van der Waals surface area contributed by atoms with Crippen molar-refractivity contribution in [3.8, 4) is 0 Å². The Kier molecular flexibility index (Phi) is 16.4. The number of carbonyl (C=O) groups is 3. The van der Waals surface area contributed by atoms with Gasteiger partial charge in [0.05, 0.1) is 16.8 Å². The maximum Gasteiger partial charge on any atom is 0.330 e. The van der Waals surface area contributed by atoms with Crippen LogP contribution in [0.2, 0.25) is 0 Å². The number of ether oxygens (including phenoxy) is 6. The lowest BCUT2D eigenvalue weighted by Gasteiger charge is -2.28. The highest BCUT2D eigenvalue weighted by atomic mass is 16.7. The van der Waals surface area contributed by atoms with E-state index in [0.29, 0.717) is 24.0 Å². The molecule has 11 atom stereocenters. The Balaban J connectivity index is 0.000000243. The van der Waals surface area contributed by atoms with Crippen molar-refractivity contribution in [2.75, 3.05) is 0 Å². The van der Waals surface area contributed by atoms with Crippen LogP contribution in [-0.4, -0.2) is 72.3 Å². The average molecular weight is 843 g/mol. The monoisotopic (exact) mass is 842 g/mol. The molecule has 0 radical (unpaired) electrons. The van der Waals surface area contributed by atoms with Gasteiger partial charge in [0.1, 0.15) is 6.23 Å². The van der Waals surface area contributed by atoms with Gasteiger partial charge in [-0.2, -0.15) is 0 Å². The summed E-state index contributed by atoms with van der Waals surface area (Å²) in [5, 5.41) is 0. The van der Waals surface area contributed by atoms with Gasteiger partial charge in [-0.1, -0.05) is 59.8 Å². The second kappa shape index (κ2) is 20.0. The minimum Gasteiger partial charge on any atom is -0.457 e. The molecule has 0 saturated carbocycles. The molecule has 3 saturated heterocycles. The summed E-state index contributed by atoms with van der Waals surface area (Å²) in [6.45, 7) is 30.4. The first-order chi connectivity index (χ1) is 28.0. The molecule has 5 heterocycles. The number of carbonyl (C=O) groups excluding carboxylic acids is 3. The van der Waals surface area contributed by atoms with Crippen LogP contribution in [0.4, 0.5) is 0 Å². The predicted octanol–water partition coefficient (Wildman–Crippen LogP) is 4.82. The first kappa shape index (κ1) is 49.2. The van der Waals surface area contributed by atoms with Gasteiger partial charge in [-0.05, 0) is 45.4 Å². The molecule has 60 heavy (non-hydrogen) atoms. The van der Waals surface area contributed by atoms with Crippen molar-refractivity contribution >= 4 is 17.9 Å². The fourth-order valence-corrected chi connectivity index (χ4v) is 8.06. The van der Waals surface area contributed by atoms with E-state index in [9.17, 15) is 33.6 Å². The van der Waals surface area contributed by atoms with Crippen LogP contribution in [0.25, 0.3) is 0 Å². The van der Waals surface area contributed by atoms with E-state index in [4.69, 9.17) is 28.4 Å². The van der Waals surface area contributed by atoms with Crippen molar-refractivity contribution in [1.82, 2.24) is 19.1 Å². The highest BCUT2D eigenvalue weighted by molar-refractivity contribution is 5.67. The predicted molar refractivity (Wildman–Crippen MR) is 222 cm³/mol. The van der Waals surface area contributed by atoms with Crippen LogP contribution >= 0.6 is 0 Å². The summed E-state index contributed by atoms with van der Waals surface area (Å²) in [7, 11) is 0. The van der Waals surface area contributed by atoms with Crippen LogP contribution in [0.1, 0.15) is 112 Å². The number of aryl methyl sites for hydroxylation is 2. The van der Waals surface area contributed by atoms with Gasteiger partial charge in [0.25, 0.3) is 11.1 Å². The highest BCUT2D eigenvalue weighted by Crippen LogP contribution is 2.46. The minimum absolute atomic E-state index is 0.131. The van der Waals surface area contributed by atoms with E-state index < -0.39 is 76.4 Å². The normalized spacial score (nSPS) is 31.7. The Morgan fingerprint density at radius 2 is 1.10 bits per heavy atom. The van der Waals surface area contributed by atoms with Gasteiger partial charge in [-0.15, -0.1) is 19.7 Å². The molecular formula is C43H62N4O13. The third kappa shape index (κ3) is 10.2. The second-order valence-corrected chi connectivity index (χ2v) is 15.5. The molecule has 0 bridgehead atoms. The molecule has 3 unspecified atom stereocenters. The standard InChI is InChI=1S/C16H22N2O5.C14H20N2O3.C13H20O5/c1-6-16(7-2)10(4)12(22-11(5)19)14(23-16)18-8-9(3)13(20)17-15(18)21;1-5-14(6-2)10(4)7-11(19-14)16-8-9(3)12(17)15-13(16)18;1-6-13(7-2)8(3)11(16-9(4)14)12(18-13)17-10(5)15/h6,8,10,12,14H,1,7H2,2-5H3,(H,17,20,21);5,8,10-11H,1,6-7H2,2-4H3,(H,15,17,18);6,8,11-12H,1,7H2,2-5H3/t10-,12?,14-,16-;10-,11-,14-;8-,11?,12?,13-/m111/s1. The van der Waals surface area contributed by atoms with Gasteiger partial charge in [0.2, 0.25) is 6.29 Å². The lowest BCUT2D eigenvalue weighted by Crippen LogP contribution is -2.38. The number of nitrogens with zero attached hydrogens (tertiary/aromatic N) is 2. The molecule has 5 rings (SSSR count).